The van der Waals surface area contributed by atoms with E-state index in [1.807, 2.05) is 18.2 Å². The predicted molar refractivity (Wildman–Crippen MR) is 80.1 cm³/mol. The minimum atomic E-state index is 0.728. The van der Waals surface area contributed by atoms with Gasteiger partial charge >= 0.3 is 0 Å². The fourth-order valence-corrected chi connectivity index (χ4v) is 2.06. The Labute approximate surface area is 116 Å². The molecular weight excluding hydrogens is 244 g/mol. The lowest BCUT2D eigenvalue weighted by Gasteiger charge is -2.17. The molecule has 0 aromatic heterocycles. The molecule has 3 heteroatoms. The molecule has 0 aliphatic carbocycles. The normalized spacial score (nSPS) is 11.4. The lowest BCUT2D eigenvalue weighted by molar-refractivity contribution is 0.318. The van der Waals surface area contributed by atoms with Crippen LogP contribution in [0.15, 0.2) is 24.3 Å². The van der Waals surface area contributed by atoms with Gasteiger partial charge in [0.1, 0.15) is 0 Å². The zero-order valence-corrected chi connectivity index (χ0v) is 12.5. The van der Waals surface area contributed by atoms with Crippen molar-refractivity contribution in [2.75, 3.05) is 26.7 Å². The lowest BCUT2D eigenvalue weighted by Crippen LogP contribution is -2.26. The van der Waals surface area contributed by atoms with Crippen LogP contribution in [0.2, 0.25) is 5.02 Å². The fourth-order valence-electron chi connectivity index (χ4n) is 1.86. The summed E-state index contributed by atoms with van der Waals surface area (Å²) in [4.78, 5) is 2.32. The number of benzene rings is 1. The van der Waals surface area contributed by atoms with E-state index in [0.29, 0.717) is 0 Å². The molecule has 1 N–H and O–H groups in total. The zero-order chi connectivity index (χ0) is 13.4. The van der Waals surface area contributed by atoms with Crippen LogP contribution in [0.4, 0.5) is 0 Å². The molecule has 0 aliphatic heterocycles. The molecule has 0 saturated heterocycles. The van der Waals surface area contributed by atoms with E-state index in [1.54, 1.807) is 0 Å². The predicted octanol–water partition coefficient (Wildman–Crippen LogP) is 3.41. The first-order valence-corrected chi connectivity index (χ1v) is 7.10. The van der Waals surface area contributed by atoms with Crippen LogP contribution < -0.4 is 5.32 Å². The van der Waals surface area contributed by atoms with Crippen molar-refractivity contribution in [3.63, 3.8) is 0 Å². The Bertz CT molecular complexity index is 339. The number of hydrogen-bond donors (Lipinski definition) is 1. The van der Waals surface area contributed by atoms with Crippen LogP contribution >= 0.6 is 11.6 Å². The first kappa shape index (κ1) is 15.5. The van der Waals surface area contributed by atoms with E-state index in [9.17, 15) is 0 Å². The SMILES string of the molecule is CC(C)CNCCCN(C)Cc1ccccc1Cl. The average Bonchev–Trinajstić information content (AvgIpc) is 2.31. The molecule has 2 nitrogen and oxygen atoms in total. The number of nitrogens with one attached hydrogen (secondary N) is 1. The maximum Gasteiger partial charge on any atom is 0.0451 e. The summed E-state index contributed by atoms with van der Waals surface area (Å²) in [5.74, 6) is 0.728. The maximum absolute atomic E-state index is 6.15. The second-order valence-corrected chi connectivity index (χ2v) is 5.69. The number of halogens is 1. The summed E-state index contributed by atoms with van der Waals surface area (Å²) in [5.41, 5.74) is 1.21. The van der Waals surface area contributed by atoms with E-state index in [2.05, 4.69) is 37.2 Å². The third kappa shape index (κ3) is 6.39. The summed E-state index contributed by atoms with van der Waals surface area (Å²) >= 11 is 6.15. The summed E-state index contributed by atoms with van der Waals surface area (Å²) < 4.78 is 0. The fraction of sp³-hybridized carbons (Fsp3) is 0.600. The Balaban J connectivity index is 2.18. The van der Waals surface area contributed by atoms with E-state index in [0.717, 1.165) is 37.1 Å². The summed E-state index contributed by atoms with van der Waals surface area (Å²) in [5, 5.41) is 4.33. The molecule has 0 atom stereocenters. The molecule has 1 aromatic carbocycles. The third-order valence-electron chi connectivity index (χ3n) is 2.84. The van der Waals surface area contributed by atoms with Crippen LogP contribution in [-0.4, -0.2) is 31.6 Å². The van der Waals surface area contributed by atoms with Crippen molar-refractivity contribution in [2.24, 2.45) is 5.92 Å². The van der Waals surface area contributed by atoms with Gasteiger partial charge in [0, 0.05) is 11.6 Å². The summed E-state index contributed by atoms with van der Waals surface area (Å²) in [6, 6.07) is 8.06. The monoisotopic (exact) mass is 268 g/mol. The van der Waals surface area contributed by atoms with Crippen LogP contribution in [0.3, 0.4) is 0 Å². The minimum Gasteiger partial charge on any atom is -0.316 e. The molecule has 0 saturated carbocycles. The second kappa shape index (κ2) is 8.52. The van der Waals surface area contributed by atoms with Crippen LogP contribution in [0, 0.1) is 5.92 Å². The summed E-state index contributed by atoms with van der Waals surface area (Å²) in [6.07, 6.45) is 1.17. The highest BCUT2D eigenvalue weighted by atomic mass is 35.5. The molecule has 1 rings (SSSR count). The largest absolute Gasteiger partial charge is 0.316 e. The highest BCUT2D eigenvalue weighted by molar-refractivity contribution is 6.31. The van der Waals surface area contributed by atoms with Crippen molar-refractivity contribution in [3.8, 4) is 0 Å². The van der Waals surface area contributed by atoms with Crippen molar-refractivity contribution in [2.45, 2.75) is 26.8 Å². The molecule has 102 valence electrons. The van der Waals surface area contributed by atoms with Gasteiger partial charge in [0.25, 0.3) is 0 Å². The van der Waals surface area contributed by atoms with Gasteiger partial charge in [0.2, 0.25) is 0 Å². The van der Waals surface area contributed by atoms with Gasteiger partial charge in [-0.3, -0.25) is 0 Å². The quantitative estimate of drug-likeness (QED) is 0.727. The molecule has 0 bridgehead atoms. The molecule has 0 radical (unpaired) electrons. The zero-order valence-electron chi connectivity index (χ0n) is 11.7. The van der Waals surface area contributed by atoms with E-state index < -0.39 is 0 Å². The van der Waals surface area contributed by atoms with Gasteiger partial charge < -0.3 is 10.2 Å². The van der Waals surface area contributed by atoms with Gasteiger partial charge in [-0.05, 0) is 50.7 Å². The number of hydrogen-bond acceptors (Lipinski definition) is 2. The second-order valence-electron chi connectivity index (χ2n) is 5.28. The molecule has 0 aliphatic rings. The third-order valence-corrected chi connectivity index (χ3v) is 3.21. The highest BCUT2D eigenvalue weighted by Gasteiger charge is 2.03. The van der Waals surface area contributed by atoms with Gasteiger partial charge in [-0.1, -0.05) is 43.6 Å². The van der Waals surface area contributed by atoms with Crippen molar-refractivity contribution >= 4 is 11.6 Å². The van der Waals surface area contributed by atoms with Gasteiger partial charge in [-0.2, -0.15) is 0 Å². The van der Waals surface area contributed by atoms with Crippen molar-refractivity contribution in [1.82, 2.24) is 10.2 Å². The van der Waals surface area contributed by atoms with Crippen LogP contribution in [0.1, 0.15) is 25.8 Å². The molecule has 18 heavy (non-hydrogen) atoms. The Morgan fingerprint density at radius 1 is 1.28 bits per heavy atom. The van der Waals surface area contributed by atoms with Crippen LogP contribution in [0.25, 0.3) is 0 Å². The summed E-state index contributed by atoms with van der Waals surface area (Å²) in [6.45, 7) is 8.67. The topological polar surface area (TPSA) is 15.3 Å². The standard InChI is InChI=1S/C15H25ClN2/c1-13(2)11-17-9-6-10-18(3)12-14-7-4-5-8-15(14)16/h4-5,7-8,13,17H,6,9-12H2,1-3H3. The lowest BCUT2D eigenvalue weighted by atomic mass is 10.2. The van der Waals surface area contributed by atoms with Gasteiger partial charge in [0.15, 0.2) is 0 Å². The van der Waals surface area contributed by atoms with Crippen LogP contribution in [0.5, 0.6) is 0 Å². The van der Waals surface area contributed by atoms with Crippen molar-refractivity contribution < 1.29 is 0 Å². The Morgan fingerprint density at radius 2 is 2.00 bits per heavy atom. The first-order chi connectivity index (χ1) is 8.59. The van der Waals surface area contributed by atoms with E-state index in [-0.39, 0.29) is 0 Å². The number of nitrogens with zero attached hydrogens (tertiary/aromatic N) is 1. The average molecular weight is 269 g/mol. The van der Waals surface area contributed by atoms with Gasteiger partial charge in [-0.15, -0.1) is 0 Å². The van der Waals surface area contributed by atoms with E-state index in [4.69, 9.17) is 11.6 Å². The molecule has 0 heterocycles. The number of rotatable bonds is 8. The molecule has 0 unspecified atom stereocenters. The molecule has 1 aromatic rings. The molecule has 0 spiro atoms. The molecular formula is C15H25ClN2. The Hall–Kier alpha value is -0.570. The maximum atomic E-state index is 6.15. The molecule has 0 fully saturated rings. The summed E-state index contributed by atoms with van der Waals surface area (Å²) in [7, 11) is 2.14. The van der Waals surface area contributed by atoms with Gasteiger partial charge in [-0.25, -0.2) is 0 Å². The van der Waals surface area contributed by atoms with E-state index in [1.165, 1.54) is 12.0 Å². The smallest absolute Gasteiger partial charge is 0.0451 e. The molecule has 0 amide bonds. The van der Waals surface area contributed by atoms with Gasteiger partial charge in [0.05, 0.1) is 0 Å². The highest BCUT2D eigenvalue weighted by Crippen LogP contribution is 2.16. The first-order valence-electron chi connectivity index (χ1n) is 6.72. The van der Waals surface area contributed by atoms with Crippen molar-refractivity contribution in [3.05, 3.63) is 34.9 Å². The van der Waals surface area contributed by atoms with Crippen LogP contribution in [-0.2, 0) is 6.54 Å². The Kier molecular flexibility index (Phi) is 7.33. The minimum absolute atomic E-state index is 0.728. The Morgan fingerprint density at radius 3 is 2.67 bits per heavy atom. The van der Waals surface area contributed by atoms with Crippen molar-refractivity contribution in [1.29, 1.82) is 0 Å². The van der Waals surface area contributed by atoms with E-state index >= 15 is 0 Å².